The number of fused-ring (bicyclic) bond motifs is 1. The largest absolute Gasteiger partial charge is 0.493 e. The average Bonchev–Trinajstić information content (AvgIpc) is 3.21. The fourth-order valence-corrected chi connectivity index (χ4v) is 4.12. The van der Waals surface area contributed by atoms with Crippen molar-refractivity contribution >= 4 is 0 Å². The van der Waals surface area contributed by atoms with Gasteiger partial charge < -0.3 is 29.9 Å². The summed E-state index contributed by atoms with van der Waals surface area (Å²) >= 11 is 0. The highest BCUT2D eigenvalue weighted by Gasteiger charge is 2.44. The Morgan fingerprint density at radius 2 is 1.68 bits per heavy atom. The Bertz CT molecular complexity index is 928. The van der Waals surface area contributed by atoms with Crippen molar-refractivity contribution < 1.29 is 43.1 Å². The second kappa shape index (κ2) is 8.40. The molecule has 5 atom stereocenters. The quantitative estimate of drug-likeness (QED) is 0.578. The number of halogens is 3. The minimum Gasteiger partial charge on any atom is -0.493 e. The van der Waals surface area contributed by atoms with Crippen molar-refractivity contribution in [1.29, 1.82) is 0 Å². The molecule has 2 aromatic rings. The van der Waals surface area contributed by atoms with Gasteiger partial charge in [-0.3, -0.25) is 0 Å². The SMILES string of the molecule is OCC1OC(c2cc3c(c(Cc4ccc(C(F)(F)F)cc4)c2)OCC3)C(O)C(O)C1O. The van der Waals surface area contributed by atoms with Crippen molar-refractivity contribution in [3.63, 3.8) is 0 Å². The van der Waals surface area contributed by atoms with Gasteiger partial charge in [0.05, 0.1) is 18.8 Å². The smallest absolute Gasteiger partial charge is 0.416 e. The van der Waals surface area contributed by atoms with Crippen LogP contribution in [0.5, 0.6) is 5.75 Å². The van der Waals surface area contributed by atoms with Crippen LogP contribution in [0.4, 0.5) is 13.2 Å². The summed E-state index contributed by atoms with van der Waals surface area (Å²) in [5.41, 5.74) is 2.02. The molecule has 0 spiro atoms. The lowest BCUT2D eigenvalue weighted by Crippen LogP contribution is -2.55. The summed E-state index contributed by atoms with van der Waals surface area (Å²) in [6.07, 6.45) is -9.91. The van der Waals surface area contributed by atoms with Gasteiger partial charge in [-0.25, -0.2) is 0 Å². The maximum Gasteiger partial charge on any atom is 0.416 e. The third-order valence-electron chi connectivity index (χ3n) is 5.78. The molecule has 0 saturated carbocycles. The molecule has 0 bridgehead atoms. The van der Waals surface area contributed by atoms with Crippen LogP contribution in [0.3, 0.4) is 0 Å². The molecule has 5 unspecified atom stereocenters. The standard InChI is InChI=1S/C22H23F3O6/c23-22(24,25)15-3-1-11(2-4-15)7-13-9-14(8-12-5-6-30-20(12)13)21-19(29)18(28)17(27)16(10-26)31-21/h1-4,8-9,16-19,21,26-29H,5-7,10H2. The van der Waals surface area contributed by atoms with E-state index in [0.29, 0.717) is 41.9 Å². The van der Waals surface area contributed by atoms with Crippen LogP contribution in [0, 0.1) is 0 Å². The number of aliphatic hydroxyl groups is 4. The van der Waals surface area contributed by atoms with Crippen molar-refractivity contribution in [1.82, 2.24) is 0 Å². The van der Waals surface area contributed by atoms with E-state index in [-0.39, 0.29) is 0 Å². The van der Waals surface area contributed by atoms with E-state index in [4.69, 9.17) is 9.47 Å². The van der Waals surface area contributed by atoms with Gasteiger partial charge >= 0.3 is 6.18 Å². The molecule has 6 nitrogen and oxygen atoms in total. The maximum atomic E-state index is 12.8. The summed E-state index contributed by atoms with van der Waals surface area (Å²) in [6.45, 7) is -0.0820. The molecule has 31 heavy (non-hydrogen) atoms. The summed E-state index contributed by atoms with van der Waals surface area (Å²) < 4.78 is 49.9. The van der Waals surface area contributed by atoms with Gasteiger partial charge in [0.2, 0.25) is 0 Å². The van der Waals surface area contributed by atoms with Gasteiger partial charge in [0.25, 0.3) is 0 Å². The molecule has 4 N–H and O–H groups in total. The van der Waals surface area contributed by atoms with Crippen molar-refractivity contribution in [3.05, 3.63) is 64.2 Å². The van der Waals surface area contributed by atoms with Crippen molar-refractivity contribution in [2.75, 3.05) is 13.2 Å². The Morgan fingerprint density at radius 3 is 2.32 bits per heavy atom. The molecule has 0 aromatic heterocycles. The van der Waals surface area contributed by atoms with E-state index < -0.39 is 48.9 Å². The maximum absolute atomic E-state index is 12.8. The van der Waals surface area contributed by atoms with Gasteiger partial charge in [-0.1, -0.05) is 12.1 Å². The van der Waals surface area contributed by atoms with Gasteiger partial charge in [0.1, 0.15) is 36.3 Å². The molecule has 1 saturated heterocycles. The highest BCUT2D eigenvalue weighted by molar-refractivity contribution is 5.50. The summed E-state index contributed by atoms with van der Waals surface area (Å²) in [5, 5.41) is 40.0. The zero-order chi connectivity index (χ0) is 22.3. The zero-order valence-corrected chi connectivity index (χ0v) is 16.4. The van der Waals surface area contributed by atoms with Crippen LogP contribution in [0.1, 0.15) is 33.9 Å². The first-order chi connectivity index (χ1) is 14.7. The van der Waals surface area contributed by atoms with Crippen LogP contribution in [0.2, 0.25) is 0 Å². The van der Waals surface area contributed by atoms with Crippen LogP contribution < -0.4 is 4.74 Å². The predicted molar refractivity (Wildman–Crippen MR) is 103 cm³/mol. The van der Waals surface area contributed by atoms with E-state index >= 15 is 0 Å². The van der Waals surface area contributed by atoms with Crippen molar-refractivity contribution in [2.24, 2.45) is 0 Å². The van der Waals surface area contributed by atoms with Gasteiger partial charge in [0.15, 0.2) is 0 Å². The summed E-state index contributed by atoms with van der Waals surface area (Å²) in [6, 6.07) is 8.37. The van der Waals surface area contributed by atoms with Gasteiger partial charge in [-0.15, -0.1) is 0 Å². The molecule has 0 aliphatic carbocycles. The number of alkyl halides is 3. The van der Waals surface area contributed by atoms with Crippen LogP contribution in [-0.4, -0.2) is 58.1 Å². The molecule has 168 valence electrons. The number of aliphatic hydroxyl groups excluding tert-OH is 4. The Labute approximate surface area is 176 Å². The molecular weight excluding hydrogens is 417 g/mol. The molecule has 2 heterocycles. The lowest BCUT2D eigenvalue weighted by molar-refractivity contribution is -0.231. The molecule has 0 amide bonds. The van der Waals surface area contributed by atoms with Crippen molar-refractivity contribution in [2.45, 2.75) is 49.5 Å². The van der Waals surface area contributed by atoms with E-state index in [0.717, 1.165) is 17.7 Å². The predicted octanol–water partition coefficient (Wildman–Crippen LogP) is 1.75. The monoisotopic (exact) mass is 440 g/mol. The van der Waals surface area contributed by atoms with Crippen LogP contribution in [0.25, 0.3) is 0 Å². The fourth-order valence-electron chi connectivity index (χ4n) is 4.12. The highest BCUT2D eigenvalue weighted by atomic mass is 19.4. The van der Waals surface area contributed by atoms with E-state index in [2.05, 4.69) is 0 Å². The first-order valence-electron chi connectivity index (χ1n) is 9.94. The molecule has 1 fully saturated rings. The first kappa shape index (κ1) is 22.0. The number of ether oxygens (including phenoxy) is 2. The number of benzene rings is 2. The number of hydrogen-bond acceptors (Lipinski definition) is 6. The van der Waals surface area contributed by atoms with Gasteiger partial charge in [-0.05, 0) is 46.5 Å². The number of rotatable bonds is 4. The Morgan fingerprint density at radius 1 is 0.968 bits per heavy atom. The topological polar surface area (TPSA) is 99.4 Å². The molecule has 2 aliphatic rings. The Hall–Kier alpha value is -2.17. The minimum absolute atomic E-state index is 0.297. The third-order valence-corrected chi connectivity index (χ3v) is 5.78. The summed E-state index contributed by atoms with van der Waals surface area (Å²) in [5.74, 6) is 0.647. The fraction of sp³-hybridized carbons (Fsp3) is 0.455. The molecule has 0 radical (unpaired) electrons. The Balaban J connectivity index is 1.65. The van der Waals surface area contributed by atoms with Crippen LogP contribution in [0.15, 0.2) is 36.4 Å². The number of hydrogen-bond donors (Lipinski definition) is 4. The highest BCUT2D eigenvalue weighted by Crippen LogP contribution is 2.39. The third kappa shape index (κ3) is 4.28. The van der Waals surface area contributed by atoms with Crippen LogP contribution in [-0.2, 0) is 23.8 Å². The molecule has 9 heteroatoms. The van der Waals surface area contributed by atoms with E-state index in [9.17, 15) is 33.6 Å². The van der Waals surface area contributed by atoms with Gasteiger partial charge in [0, 0.05) is 12.8 Å². The molecular formula is C22H23F3O6. The second-order valence-electron chi connectivity index (χ2n) is 7.89. The second-order valence-corrected chi connectivity index (χ2v) is 7.89. The Kier molecular flexibility index (Phi) is 5.97. The zero-order valence-electron chi connectivity index (χ0n) is 16.4. The van der Waals surface area contributed by atoms with Crippen molar-refractivity contribution in [3.8, 4) is 5.75 Å². The summed E-state index contributed by atoms with van der Waals surface area (Å²) in [7, 11) is 0. The molecule has 2 aromatic carbocycles. The van der Waals surface area contributed by atoms with Crippen LogP contribution >= 0.6 is 0 Å². The van der Waals surface area contributed by atoms with E-state index in [1.165, 1.54) is 12.1 Å². The normalized spacial score (nSPS) is 28.3. The minimum atomic E-state index is -4.41. The molecule has 2 aliphatic heterocycles. The van der Waals surface area contributed by atoms with E-state index in [1.54, 1.807) is 12.1 Å². The lowest BCUT2D eigenvalue weighted by Gasteiger charge is -2.40. The molecule has 4 rings (SSSR count). The van der Waals surface area contributed by atoms with Gasteiger partial charge in [-0.2, -0.15) is 13.2 Å². The summed E-state index contributed by atoms with van der Waals surface area (Å²) in [4.78, 5) is 0. The first-order valence-corrected chi connectivity index (χ1v) is 9.94. The lowest BCUT2D eigenvalue weighted by atomic mass is 9.88. The average molecular weight is 440 g/mol. The van der Waals surface area contributed by atoms with E-state index in [1.807, 2.05) is 0 Å².